The fourth-order valence-electron chi connectivity index (χ4n) is 1.50. The van der Waals surface area contributed by atoms with Gasteiger partial charge in [-0.1, -0.05) is 18.2 Å². The molecule has 1 rings (SSSR count). The average molecular weight is 235 g/mol. The first-order valence-corrected chi connectivity index (χ1v) is 5.56. The highest BCUT2D eigenvalue weighted by Gasteiger charge is 2.15. The molecule has 17 heavy (non-hydrogen) atoms. The Morgan fingerprint density at radius 2 is 2.12 bits per heavy atom. The summed E-state index contributed by atoms with van der Waals surface area (Å²) in [7, 11) is 0. The summed E-state index contributed by atoms with van der Waals surface area (Å²) < 4.78 is 4.82. The number of Topliss-reactive ketones (excluding diaryl/α,β-unsaturated/α-hetero) is 1. The Labute approximate surface area is 101 Å². The SMILES string of the molecule is CCOC(=O)[C@@H](N)Cc1cccc(C(C)=O)c1. The average Bonchev–Trinajstić information content (AvgIpc) is 2.29. The Balaban J connectivity index is 2.71. The lowest BCUT2D eigenvalue weighted by Gasteiger charge is -2.10. The summed E-state index contributed by atoms with van der Waals surface area (Å²) in [5, 5.41) is 0. The Hall–Kier alpha value is -1.68. The van der Waals surface area contributed by atoms with E-state index < -0.39 is 12.0 Å². The molecule has 0 aliphatic heterocycles. The predicted molar refractivity (Wildman–Crippen MR) is 64.8 cm³/mol. The molecule has 0 saturated carbocycles. The van der Waals surface area contributed by atoms with Gasteiger partial charge in [-0.25, -0.2) is 0 Å². The third kappa shape index (κ3) is 4.00. The van der Waals surface area contributed by atoms with Crippen molar-refractivity contribution >= 4 is 11.8 Å². The number of carbonyl (C=O) groups is 2. The van der Waals surface area contributed by atoms with E-state index in [-0.39, 0.29) is 5.78 Å². The third-order valence-corrected chi connectivity index (χ3v) is 2.38. The molecule has 0 bridgehead atoms. The Bertz CT molecular complexity index is 415. The van der Waals surface area contributed by atoms with E-state index in [1.807, 2.05) is 6.07 Å². The molecule has 1 aromatic rings. The van der Waals surface area contributed by atoms with E-state index in [0.717, 1.165) is 5.56 Å². The molecule has 0 aromatic heterocycles. The van der Waals surface area contributed by atoms with E-state index in [0.29, 0.717) is 18.6 Å². The molecule has 0 aliphatic rings. The van der Waals surface area contributed by atoms with Gasteiger partial charge in [0.1, 0.15) is 6.04 Å². The zero-order valence-electron chi connectivity index (χ0n) is 10.1. The molecule has 1 atom stereocenters. The highest BCUT2D eigenvalue weighted by molar-refractivity contribution is 5.94. The van der Waals surface area contributed by atoms with Crippen molar-refractivity contribution in [2.75, 3.05) is 6.61 Å². The van der Waals surface area contributed by atoms with Crippen LogP contribution >= 0.6 is 0 Å². The Kier molecular flexibility index (Phi) is 4.84. The molecule has 0 amide bonds. The molecule has 0 saturated heterocycles. The second kappa shape index (κ2) is 6.15. The van der Waals surface area contributed by atoms with Gasteiger partial charge in [-0.2, -0.15) is 0 Å². The first-order chi connectivity index (χ1) is 8.04. The number of hydrogen-bond donors (Lipinski definition) is 1. The largest absolute Gasteiger partial charge is 0.465 e. The fourth-order valence-corrected chi connectivity index (χ4v) is 1.50. The fraction of sp³-hybridized carbons (Fsp3) is 0.385. The van der Waals surface area contributed by atoms with E-state index >= 15 is 0 Å². The normalized spacial score (nSPS) is 11.9. The van der Waals surface area contributed by atoms with Crippen LogP contribution in [0.2, 0.25) is 0 Å². The monoisotopic (exact) mass is 235 g/mol. The van der Waals surface area contributed by atoms with Gasteiger partial charge in [-0.05, 0) is 31.9 Å². The van der Waals surface area contributed by atoms with Gasteiger partial charge < -0.3 is 10.5 Å². The van der Waals surface area contributed by atoms with Crippen LogP contribution in [-0.2, 0) is 16.0 Å². The predicted octanol–water partition coefficient (Wildman–Crippen LogP) is 1.32. The van der Waals surface area contributed by atoms with Crippen molar-refractivity contribution in [3.05, 3.63) is 35.4 Å². The zero-order chi connectivity index (χ0) is 12.8. The highest BCUT2D eigenvalue weighted by Crippen LogP contribution is 2.08. The van der Waals surface area contributed by atoms with Gasteiger partial charge in [0.05, 0.1) is 6.61 Å². The number of esters is 1. The molecule has 0 heterocycles. The topological polar surface area (TPSA) is 69.4 Å². The molecule has 1 aromatic carbocycles. The van der Waals surface area contributed by atoms with Crippen LogP contribution in [0, 0.1) is 0 Å². The summed E-state index contributed by atoms with van der Waals surface area (Å²) in [5.74, 6) is -0.419. The van der Waals surface area contributed by atoms with Crippen molar-refractivity contribution in [1.82, 2.24) is 0 Å². The van der Waals surface area contributed by atoms with E-state index in [1.54, 1.807) is 25.1 Å². The van der Waals surface area contributed by atoms with Crippen molar-refractivity contribution < 1.29 is 14.3 Å². The molecule has 0 aliphatic carbocycles. The highest BCUT2D eigenvalue weighted by atomic mass is 16.5. The van der Waals surface area contributed by atoms with Crippen LogP contribution in [0.3, 0.4) is 0 Å². The minimum absolute atomic E-state index is 0.00319. The molecule has 2 N–H and O–H groups in total. The van der Waals surface area contributed by atoms with Gasteiger partial charge in [-0.3, -0.25) is 9.59 Å². The van der Waals surface area contributed by atoms with Gasteiger partial charge in [0, 0.05) is 5.56 Å². The minimum Gasteiger partial charge on any atom is -0.465 e. The summed E-state index contributed by atoms with van der Waals surface area (Å²) in [6.07, 6.45) is 0.375. The number of rotatable bonds is 5. The van der Waals surface area contributed by atoms with E-state index in [1.165, 1.54) is 6.92 Å². The summed E-state index contributed by atoms with van der Waals surface area (Å²) in [6.45, 7) is 3.56. The van der Waals surface area contributed by atoms with E-state index in [4.69, 9.17) is 10.5 Å². The number of carbonyl (C=O) groups excluding carboxylic acids is 2. The van der Waals surface area contributed by atoms with Gasteiger partial charge in [0.25, 0.3) is 0 Å². The van der Waals surface area contributed by atoms with Crippen LogP contribution in [-0.4, -0.2) is 24.4 Å². The van der Waals surface area contributed by atoms with Crippen molar-refractivity contribution in [2.24, 2.45) is 5.73 Å². The molecule has 0 spiro atoms. The van der Waals surface area contributed by atoms with Crippen molar-refractivity contribution in [2.45, 2.75) is 26.3 Å². The van der Waals surface area contributed by atoms with Crippen LogP contribution < -0.4 is 5.73 Å². The number of ketones is 1. The molecular weight excluding hydrogens is 218 g/mol. The van der Waals surface area contributed by atoms with Crippen LogP contribution in [0.1, 0.15) is 29.8 Å². The maximum atomic E-state index is 11.4. The molecule has 0 fully saturated rings. The van der Waals surface area contributed by atoms with Gasteiger partial charge >= 0.3 is 5.97 Å². The lowest BCUT2D eigenvalue weighted by molar-refractivity contribution is -0.144. The van der Waals surface area contributed by atoms with E-state index in [2.05, 4.69) is 0 Å². The third-order valence-electron chi connectivity index (χ3n) is 2.38. The first-order valence-electron chi connectivity index (χ1n) is 5.56. The molecule has 4 heteroatoms. The lowest BCUT2D eigenvalue weighted by atomic mass is 10.0. The first kappa shape index (κ1) is 13.4. The maximum Gasteiger partial charge on any atom is 0.323 e. The van der Waals surface area contributed by atoms with Crippen LogP contribution in [0.15, 0.2) is 24.3 Å². The number of hydrogen-bond acceptors (Lipinski definition) is 4. The molecular formula is C13H17NO3. The summed E-state index contributed by atoms with van der Waals surface area (Å²) in [6, 6.07) is 6.43. The Morgan fingerprint density at radius 3 is 2.71 bits per heavy atom. The second-order valence-electron chi connectivity index (χ2n) is 3.82. The molecule has 92 valence electrons. The number of nitrogens with two attached hydrogens (primary N) is 1. The molecule has 4 nitrogen and oxygen atoms in total. The smallest absolute Gasteiger partial charge is 0.323 e. The van der Waals surface area contributed by atoms with Gasteiger partial charge in [0.2, 0.25) is 0 Å². The van der Waals surface area contributed by atoms with Gasteiger partial charge in [0.15, 0.2) is 5.78 Å². The van der Waals surface area contributed by atoms with Crippen LogP contribution in [0.25, 0.3) is 0 Å². The number of benzene rings is 1. The quantitative estimate of drug-likeness (QED) is 0.617. The van der Waals surface area contributed by atoms with Crippen molar-refractivity contribution in [1.29, 1.82) is 0 Å². The van der Waals surface area contributed by atoms with Gasteiger partial charge in [-0.15, -0.1) is 0 Å². The second-order valence-corrected chi connectivity index (χ2v) is 3.82. The Morgan fingerprint density at radius 1 is 1.41 bits per heavy atom. The van der Waals surface area contributed by atoms with E-state index in [9.17, 15) is 9.59 Å². The summed E-state index contributed by atoms with van der Waals surface area (Å²) in [5.41, 5.74) is 7.19. The lowest BCUT2D eigenvalue weighted by Crippen LogP contribution is -2.34. The van der Waals surface area contributed by atoms with Crippen molar-refractivity contribution in [3.63, 3.8) is 0 Å². The standard InChI is InChI=1S/C13H17NO3/c1-3-17-13(16)12(14)8-10-5-4-6-11(7-10)9(2)15/h4-7,12H,3,8,14H2,1-2H3/t12-/m0/s1. The zero-order valence-corrected chi connectivity index (χ0v) is 10.1. The minimum atomic E-state index is -0.683. The molecule has 0 unspecified atom stereocenters. The molecule has 0 radical (unpaired) electrons. The number of ether oxygens (including phenoxy) is 1. The maximum absolute atomic E-state index is 11.4. The van der Waals surface area contributed by atoms with Crippen molar-refractivity contribution in [3.8, 4) is 0 Å². The summed E-state index contributed by atoms with van der Waals surface area (Å²) in [4.78, 5) is 22.5. The summed E-state index contributed by atoms with van der Waals surface area (Å²) >= 11 is 0. The van der Waals surface area contributed by atoms with Crippen LogP contribution in [0.4, 0.5) is 0 Å². The van der Waals surface area contributed by atoms with Crippen LogP contribution in [0.5, 0.6) is 0 Å².